The van der Waals surface area contributed by atoms with Gasteiger partial charge in [-0.3, -0.25) is 4.98 Å². The molecular formula is C56H57IrN3O2Si-2. The molecule has 0 aliphatic rings. The zero-order chi connectivity index (χ0) is 46.6. The fraction of sp³-hybridized carbons (Fsp3) is 0.250. The molecule has 63 heavy (non-hydrogen) atoms. The Hall–Kier alpha value is -5.43. The molecular weight excluding hydrogens is 967 g/mol. The number of imidazole rings is 1. The minimum Gasteiger partial charge on any atom is -0.501 e. The fourth-order valence-corrected chi connectivity index (χ4v) is 8.94. The van der Waals surface area contributed by atoms with E-state index in [-0.39, 0.29) is 31.4 Å². The van der Waals surface area contributed by atoms with Gasteiger partial charge in [-0.25, -0.2) is 0 Å². The van der Waals surface area contributed by atoms with E-state index in [4.69, 9.17) is 13.5 Å². The topological polar surface area (TPSA) is 64.1 Å². The Kier molecular flexibility index (Phi) is 11.6. The molecule has 0 saturated carbocycles. The molecule has 0 spiro atoms. The summed E-state index contributed by atoms with van der Waals surface area (Å²) < 4.78 is 31.0. The van der Waals surface area contributed by atoms with Gasteiger partial charge >= 0.3 is 0 Å². The maximum absolute atomic E-state index is 10.7. The third-order valence-electron chi connectivity index (χ3n) is 11.6. The zero-order valence-electron chi connectivity index (χ0n) is 40.8. The van der Waals surface area contributed by atoms with Crippen LogP contribution in [0.3, 0.4) is 0 Å². The van der Waals surface area contributed by atoms with Gasteiger partial charge in [0.05, 0.1) is 36.1 Å². The quantitative estimate of drug-likeness (QED) is 0.128. The van der Waals surface area contributed by atoms with Crippen LogP contribution in [0.15, 0.2) is 138 Å². The number of aryl methyl sites for hydroxylation is 1. The van der Waals surface area contributed by atoms with Crippen LogP contribution in [0.2, 0.25) is 19.6 Å². The minimum absolute atomic E-state index is 0. The number of hydrogen-bond acceptors (Lipinski definition) is 4. The van der Waals surface area contributed by atoms with Crippen LogP contribution >= 0.6 is 0 Å². The van der Waals surface area contributed by atoms with Crippen molar-refractivity contribution in [3.05, 3.63) is 168 Å². The molecule has 6 aromatic carbocycles. The third kappa shape index (κ3) is 9.30. The normalized spacial score (nSPS) is 13.0. The average Bonchev–Trinajstić information content (AvgIpc) is 3.84. The van der Waals surface area contributed by atoms with Crippen molar-refractivity contribution >= 4 is 46.2 Å². The smallest absolute Gasteiger partial charge is 0.121 e. The fourth-order valence-electron chi connectivity index (χ4n) is 7.91. The predicted octanol–water partition coefficient (Wildman–Crippen LogP) is 14.1. The first-order valence-corrected chi connectivity index (χ1v) is 24.9. The Balaban J connectivity index is 0.000000260. The molecule has 0 aliphatic heterocycles. The molecule has 3 aromatic heterocycles. The van der Waals surface area contributed by atoms with E-state index in [1.165, 1.54) is 27.9 Å². The number of benzene rings is 6. The first kappa shape index (κ1) is 41.6. The summed E-state index contributed by atoms with van der Waals surface area (Å²) in [6.45, 7) is 19.7. The van der Waals surface area contributed by atoms with E-state index in [0.717, 1.165) is 72.4 Å². The number of para-hydroxylation sites is 2. The summed E-state index contributed by atoms with van der Waals surface area (Å²) in [5.74, 6) is 1.04. The summed E-state index contributed by atoms with van der Waals surface area (Å²) in [6, 6.07) is 49.2. The summed E-state index contributed by atoms with van der Waals surface area (Å²) in [4.78, 5) is 9.74. The van der Waals surface area contributed by atoms with Crippen molar-refractivity contribution in [3.8, 4) is 39.5 Å². The van der Waals surface area contributed by atoms with Gasteiger partial charge < -0.3 is 19.1 Å². The number of rotatable bonds is 7. The Morgan fingerprint density at radius 1 is 0.794 bits per heavy atom. The van der Waals surface area contributed by atoms with Crippen LogP contribution in [0.25, 0.3) is 72.4 Å². The van der Waals surface area contributed by atoms with Gasteiger partial charge in [-0.05, 0) is 82.6 Å². The second-order valence-electron chi connectivity index (χ2n) is 19.1. The first-order chi connectivity index (χ1) is 30.6. The Bertz CT molecular complexity index is 3100. The van der Waals surface area contributed by atoms with E-state index in [9.17, 15) is 5.11 Å². The summed E-state index contributed by atoms with van der Waals surface area (Å²) in [6.07, 6.45) is 1.92. The minimum atomic E-state index is -2.08. The number of aliphatic hydroxyl groups is 1. The Morgan fingerprint density at radius 2 is 1.54 bits per heavy atom. The van der Waals surface area contributed by atoms with Crippen molar-refractivity contribution in [2.24, 2.45) is 0 Å². The van der Waals surface area contributed by atoms with Gasteiger partial charge in [0.25, 0.3) is 0 Å². The van der Waals surface area contributed by atoms with E-state index >= 15 is 0 Å². The molecule has 9 rings (SSSR count). The first-order valence-electron chi connectivity index (χ1n) is 22.9. The van der Waals surface area contributed by atoms with E-state index in [1.54, 1.807) is 26.0 Å². The molecule has 3 heterocycles. The van der Waals surface area contributed by atoms with Crippen LogP contribution in [0.4, 0.5) is 0 Å². The van der Waals surface area contributed by atoms with Gasteiger partial charge in [-0.15, -0.1) is 53.6 Å². The van der Waals surface area contributed by atoms with Crippen molar-refractivity contribution in [2.75, 3.05) is 0 Å². The van der Waals surface area contributed by atoms with Crippen LogP contribution in [-0.4, -0.2) is 27.7 Å². The number of nitrogens with zero attached hydrogens (tertiary/aromatic N) is 3. The van der Waals surface area contributed by atoms with Gasteiger partial charge in [-0.1, -0.05) is 145 Å². The molecule has 0 aliphatic carbocycles. The molecule has 0 atom stereocenters. The molecule has 323 valence electrons. The molecule has 0 fully saturated rings. The SMILES string of the molecule is CC(C)c1cc(C(C)(C)C)cc(-c2ccccc2)c1-n1c(-c2[c-]ccc3c2oc2cc(C(C)(C)O)ccc23)nc2ccccc21.[2H]C([2H])([2H])c1c[c-]c(-c2ccc([Si](C)(C)C)cn2)cc1.[Ir]. The van der Waals surface area contributed by atoms with Crippen LogP contribution in [0.5, 0.6) is 0 Å². The van der Waals surface area contributed by atoms with Crippen LogP contribution < -0.4 is 5.19 Å². The molecule has 1 radical (unpaired) electrons. The number of hydrogen-bond donors (Lipinski definition) is 1. The van der Waals surface area contributed by atoms with E-state index in [2.05, 4.69) is 149 Å². The number of aromatic nitrogens is 3. The second-order valence-corrected chi connectivity index (χ2v) is 24.2. The molecule has 1 N–H and O–H groups in total. The van der Waals surface area contributed by atoms with E-state index in [1.807, 2.05) is 42.6 Å². The van der Waals surface area contributed by atoms with Crippen molar-refractivity contribution in [1.82, 2.24) is 14.5 Å². The van der Waals surface area contributed by atoms with E-state index < -0.39 is 20.5 Å². The van der Waals surface area contributed by atoms with Gasteiger partial charge in [0, 0.05) is 47.1 Å². The third-order valence-corrected chi connectivity index (χ3v) is 13.6. The molecule has 0 amide bonds. The van der Waals surface area contributed by atoms with Crippen LogP contribution in [-0.2, 0) is 31.1 Å². The van der Waals surface area contributed by atoms with Crippen molar-refractivity contribution in [1.29, 1.82) is 0 Å². The summed E-state index contributed by atoms with van der Waals surface area (Å²) in [5, 5.41) is 14.0. The van der Waals surface area contributed by atoms with Gasteiger partial charge in [0.2, 0.25) is 0 Å². The number of fused-ring (bicyclic) bond motifs is 4. The van der Waals surface area contributed by atoms with Gasteiger partial charge in [-0.2, -0.15) is 0 Å². The summed E-state index contributed by atoms with van der Waals surface area (Å²) in [5.41, 5.74) is 12.0. The van der Waals surface area contributed by atoms with Crippen molar-refractivity contribution < 1.29 is 33.7 Å². The summed E-state index contributed by atoms with van der Waals surface area (Å²) in [7, 11) is -1.34. The monoisotopic (exact) mass is 1030 g/mol. The standard InChI is InChI=1S/C41H39N2O2.C15H18NSi.Ir/c1-25(2)32-22-28(40(3,4)5)23-33(26-14-9-8-10-15-26)37(32)43-35-19-12-11-18-34(35)42-39(43)31-17-13-16-30-29-21-20-27(41(6,7)44)24-36(29)45-38(30)31;1-12-5-7-13(8-6-12)15-10-9-14(11-16-15)17(2,3)4;/h8-16,18-25,44H,1-7H3;5-7,9-11H,1-4H3;/q2*-1;/i;1D3;. The molecule has 0 unspecified atom stereocenters. The predicted molar refractivity (Wildman–Crippen MR) is 262 cm³/mol. The number of pyridine rings is 1. The average molecular weight is 1030 g/mol. The number of furan rings is 1. The molecule has 0 saturated heterocycles. The molecule has 7 heteroatoms. The molecule has 0 bridgehead atoms. The van der Waals surface area contributed by atoms with Crippen molar-refractivity contribution in [3.63, 3.8) is 0 Å². The molecule has 9 aromatic rings. The summed E-state index contributed by atoms with van der Waals surface area (Å²) >= 11 is 0. The van der Waals surface area contributed by atoms with Gasteiger partial charge in [0.1, 0.15) is 5.58 Å². The Labute approximate surface area is 391 Å². The van der Waals surface area contributed by atoms with Crippen LogP contribution in [0, 0.1) is 19.0 Å². The van der Waals surface area contributed by atoms with Gasteiger partial charge in [0.15, 0.2) is 0 Å². The van der Waals surface area contributed by atoms with Crippen LogP contribution in [0.1, 0.15) is 80.8 Å². The Morgan fingerprint density at radius 3 is 2.17 bits per heavy atom. The zero-order valence-corrected chi connectivity index (χ0v) is 41.2. The molecule has 5 nitrogen and oxygen atoms in total. The van der Waals surface area contributed by atoms with Crippen molar-refractivity contribution in [2.45, 2.75) is 91.9 Å². The maximum atomic E-state index is 10.7. The largest absolute Gasteiger partial charge is 0.501 e. The van der Waals surface area contributed by atoms with E-state index in [0.29, 0.717) is 5.56 Å². The second kappa shape index (κ2) is 17.6. The maximum Gasteiger partial charge on any atom is 0.121 e.